The van der Waals surface area contributed by atoms with Crippen LogP contribution in [0.15, 0.2) is 47.4 Å². The van der Waals surface area contributed by atoms with Crippen LogP contribution in [0.25, 0.3) is 22.3 Å². The van der Waals surface area contributed by atoms with Crippen molar-refractivity contribution in [3.63, 3.8) is 0 Å². The first-order valence-corrected chi connectivity index (χ1v) is 6.18. The molecule has 0 unspecified atom stereocenters. The number of fused-ring (bicyclic) bond motifs is 4. The average molecular weight is 254 g/mol. The Morgan fingerprint density at radius 3 is 2.06 bits per heavy atom. The van der Waals surface area contributed by atoms with E-state index in [0.29, 0.717) is 5.56 Å². The maximum atomic E-state index is 11.1. The van der Waals surface area contributed by atoms with E-state index in [1.807, 2.05) is 30.3 Å². The normalized spacial score (nSPS) is 11.8. The molecule has 0 aliphatic heterocycles. The molecule has 0 amide bonds. The van der Waals surface area contributed by atoms with Crippen LogP contribution in [0, 0.1) is 0 Å². The zero-order chi connectivity index (χ0) is 11.3. The van der Waals surface area contributed by atoms with E-state index in [1.165, 1.54) is 6.07 Å². The molecule has 3 rings (SSSR count). The molecule has 80 valence electrons. The Labute approximate surface area is 122 Å². The average Bonchev–Trinajstić information content (AvgIpc) is 2.23. The van der Waals surface area contributed by atoms with Gasteiger partial charge >= 0.3 is 29.6 Å². The van der Waals surface area contributed by atoms with Crippen LogP contribution in [0.1, 0.15) is 0 Å². The van der Waals surface area contributed by atoms with Gasteiger partial charge in [-0.1, -0.05) is 36.4 Å². The predicted octanol–water partition coefficient (Wildman–Crippen LogP) is -0.758. The van der Waals surface area contributed by atoms with Crippen LogP contribution in [0.4, 0.5) is 0 Å². The maximum absolute atomic E-state index is 11.1. The fraction of sp³-hybridized carbons (Fsp3) is 0. The predicted molar refractivity (Wildman–Crippen MR) is 58.8 cm³/mol. The number of hydrogen-bond acceptors (Lipinski definition) is 3. The molecule has 1 aliphatic carbocycles. The molecule has 0 heterocycles. The minimum atomic E-state index is -4.40. The Kier molecular flexibility index (Phi) is 3.18. The van der Waals surface area contributed by atoms with E-state index in [9.17, 15) is 13.0 Å². The second-order valence-electron chi connectivity index (χ2n) is 3.68. The molecule has 17 heavy (non-hydrogen) atoms. The Morgan fingerprint density at radius 2 is 1.41 bits per heavy atom. The molecule has 0 saturated carbocycles. The third-order valence-electron chi connectivity index (χ3n) is 2.78. The van der Waals surface area contributed by atoms with Crippen LogP contribution in [-0.2, 0) is 10.1 Å². The molecule has 0 N–H and O–H groups in total. The second kappa shape index (κ2) is 4.23. The van der Waals surface area contributed by atoms with Crippen LogP contribution in [0.2, 0.25) is 0 Å². The Balaban J connectivity index is 0.00000108. The Morgan fingerprint density at radius 1 is 0.824 bits per heavy atom. The molecule has 0 radical (unpaired) electrons. The molecule has 0 spiro atoms. The molecular weight excluding hydrogens is 247 g/mol. The van der Waals surface area contributed by atoms with Gasteiger partial charge in [0.05, 0.1) is 4.90 Å². The van der Waals surface area contributed by atoms with E-state index in [-0.39, 0.29) is 34.5 Å². The summed E-state index contributed by atoms with van der Waals surface area (Å²) in [7, 11) is -4.40. The van der Waals surface area contributed by atoms with Gasteiger partial charge in [0.15, 0.2) is 0 Å². The summed E-state index contributed by atoms with van der Waals surface area (Å²) in [6.07, 6.45) is 0. The monoisotopic (exact) mass is 254 g/mol. The van der Waals surface area contributed by atoms with Crippen molar-refractivity contribution < 1.29 is 42.5 Å². The van der Waals surface area contributed by atoms with Gasteiger partial charge in [-0.25, -0.2) is 8.42 Å². The number of hydrogen-bond donors (Lipinski definition) is 0. The maximum Gasteiger partial charge on any atom is 1.00 e. The van der Waals surface area contributed by atoms with Gasteiger partial charge in [-0.05, 0) is 22.8 Å². The van der Waals surface area contributed by atoms with Crippen molar-refractivity contribution in [1.29, 1.82) is 0 Å². The van der Waals surface area contributed by atoms with Gasteiger partial charge in [-0.2, -0.15) is 0 Å². The van der Waals surface area contributed by atoms with Crippen molar-refractivity contribution in [2.24, 2.45) is 0 Å². The fourth-order valence-electron chi connectivity index (χ4n) is 2.12. The van der Waals surface area contributed by atoms with Crippen LogP contribution in [0.5, 0.6) is 0 Å². The summed E-state index contributed by atoms with van der Waals surface area (Å²) in [5, 5.41) is 0. The van der Waals surface area contributed by atoms with Crippen LogP contribution in [0.3, 0.4) is 0 Å². The smallest absolute Gasteiger partial charge is 0.744 e. The topological polar surface area (TPSA) is 57.2 Å². The van der Waals surface area contributed by atoms with Crippen molar-refractivity contribution in [3.8, 4) is 22.3 Å². The van der Waals surface area contributed by atoms with E-state index in [1.54, 1.807) is 6.07 Å². The van der Waals surface area contributed by atoms with Gasteiger partial charge in [0.1, 0.15) is 10.1 Å². The molecular formula is C12H7NaO3S. The molecule has 0 atom stereocenters. The minimum absolute atomic E-state index is 0. The van der Waals surface area contributed by atoms with E-state index >= 15 is 0 Å². The van der Waals surface area contributed by atoms with E-state index < -0.39 is 10.1 Å². The van der Waals surface area contributed by atoms with Gasteiger partial charge in [0, 0.05) is 5.56 Å². The van der Waals surface area contributed by atoms with Crippen molar-refractivity contribution in [2.75, 3.05) is 0 Å². The van der Waals surface area contributed by atoms with E-state index in [4.69, 9.17) is 0 Å². The fourth-order valence-corrected chi connectivity index (χ4v) is 2.83. The van der Waals surface area contributed by atoms with Crippen molar-refractivity contribution >= 4 is 10.1 Å². The summed E-state index contributed by atoms with van der Waals surface area (Å²) in [4.78, 5) is -0.122. The van der Waals surface area contributed by atoms with Crippen LogP contribution < -0.4 is 29.6 Å². The van der Waals surface area contributed by atoms with E-state index in [0.717, 1.165) is 16.7 Å². The first-order valence-electron chi connectivity index (χ1n) is 4.78. The van der Waals surface area contributed by atoms with Crippen molar-refractivity contribution in [2.45, 2.75) is 4.90 Å². The Hall–Kier alpha value is -0.650. The Bertz CT molecular complexity index is 693. The molecule has 2 aromatic carbocycles. The summed E-state index contributed by atoms with van der Waals surface area (Å²) in [5.74, 6) is 0. The van der Waals surface area contributed by atoms with Gasteiger partial charge in [0.2, 0.25) is 0 Å². The molecule has 0 saturated heterocycles. The van der Waals surface area contributed by atoms with Crippen LogP contribution >= 0.6 is 0 Å². The summed E-state index contributed by atoms with van der Waals surface area (Å²) in [6.45, 7) is 0. The second-order valence-corrected chi connectivity index (χ2v) is 5.03. The first kappa shape index (κ1) is 12.8. The summed E-state index contributed by atoms with van der Waals surface area (Å²) < 4.78 is 33.3. The van der Waals surface area contributed by atoms with Gasteiger partial charge in [0.25, 0.3) is 0 Å². The van der Waals surface area contributed by atoms with Gasteiger partial charge in [-0.3, -0.25) is 0 Å². The zero-order valence-corrected chi connectivity index (χ0v) is 12.0. The molecule has 5 heteroatoms. The summed E-state index contributed by atoms with van der Waals surface area (Å²) in [5.41, 5.74) is 3.25. The van der Waals surface area contributed by atoms with E-state index in [2.05, 4.69) is 0 Å². The standard InChI is InChI=1S/C12H8O3S.Na/c13-16(14,15)11-7-3-6-10-8-4-1-2-5-9(8)12(10)11;/h1-7H,(H,13,14,15);/q;+1/p-1. The van der Waals surface area contributed by atoms with Gasteiger partial charge < -0.3 is 4.55 Å². The number of benzene rings is 2. The minimum Gasteiger partial charge on any atom is -0.744 e. The quantitative estimate of drug-likeness (QED) is 0.424. The molecule has 0 aromatic heterocycles. The molecule has 0 fully saturated rings. The van der Waals surface area contributed by atoms with Gasteiger partial charge in [-0.15, -0.1) is 0 Å². The largest absolute Gasteiger partial charge is 1.00 e. The van der Waals surface area contributed by atoms with Crippen LogP contribution in [-0.4, -0.2) is 13.0 Å². The molecule has 1 aliphatic rings. The van der Waals surface area contributed by atoms with Crippen molar-refractivity contribution in [1.82, 2.24) is 0 Å². The van der Waals surface area contributed by atoms with Crippen molar-refractivity contribution in [3.05, 3.63) is 42.5 Å². The molecule has 3 nitrogen and oxygen atoms in total. The molecule has 2 aromatic rings. The zero-order valence-electron chi connectivity index (χ0n) is 9.17. The first-order chi connectivity index (χ1) is 7.59. The SMILES string of the molecule is O=S(=O)([O-])c1cccc2c1-c1ccccc1-2.[Na+]. The third-order valence-corrected chi connectivity index (χ3v) is 3.66. The third kappa shape index (κ3) is 1.86. The molecule has 0 bridgehead atoms. The summed E-state index contributed by atoms with van der Waals surface area (Å²) >= 11 is 0. The summed E-state index contributed by atoms with van der Waals surface area (Å²) in [6, 6.07) is 12.2. The number of rotatable bonds is 1.